The van der Waals surface area contributed by atoms with Crippen molar-refractivity contribution >= 4 is 10.0 Å². The summed E-state index contributed by atoms with van der Waals surface area (Å²) in [7, 11) is -3.29. The zero-order valence-corrected chi connectivity index (χ0v) is 12.7. The Hall–Kier alpha value is -0.910. The van der Waals surface area contributed by atoms with E-state index in [9.17, 15) is 8.42 Å². The summed E-state index contributed by atoms with van der Waals surface area (Å²) in [5, 5.41) is 0. The van der Waals surface area contributed by atoms with E-state index < -0.39 is 10.0 Å². The first-order valence-electron chi connectivity index (χ1n) is 6.65. The smallest absolute Gasteiger partial charge is 0.216 e. The van der Waals surface area contributed by atoms with Crippen LogP contribution in [0.2, 0.25) is 0 Å². The summed E-state index contributed by atoms with van der Waals surface area (Å²) in [5.41, 5.74) is 7.30. The molecule has 1 aromatic carbocycles. The van der Waals surface area contributed by atoms with Crippen LogP contribution >= 0.6 is 0 Å². The first-order valence-corrected chi connectivity index (χ1v) is 8.31. The van der Waals surface area contributed by atoms with Crippen LogP contribution in [0.15, 0.2) is 24.3 Å². The van der Waals surface area contributed by atoms with Gasteiger partial charge in [-0.2, -0.15) is 0 Å². The van der Waals surface area contributed by atoms with Gasteiger partial charge in [0.1, 0.15) is 0 Å². The molecule has 0 aromatic heterocycles. The second kappa shape index (κ2) is 7.03. The van der Waals surface area contributed by atoms with Crippen molar-refractivity contribution in [1.82, 2.24) is 4.72 Å². The molecule has 19 heavy (non-hydrogen) atoms. The molecule has 1 unspecified atom stereocenters. The largest absolute Gasteiger partial charge is 0.326 e. The minimum atomic E-state index is -3.29. The number of benzene rings is 1. The highest BCUT2D eigenvalue weighted by molar-refractivity contribution is 7.88. The standard InChI is InChI=1S/C14H24N2O2S/c1-4-14(11(2)3)16-19(17,18)10-13-7-5-12(9-15)6-8-13/h5-8,11,14,16H,4,9-10,15H2,1-3H3. The van der Waals surface area contributed by atoms with E-state index in [1.165, 1.54) is 0 Å². The molecule has 1 rings (SSSR count). The highest BCUT2D eigenvalue weighted by atomic mass is 32.2. The number of rotatable bonds is 7. The maximum Gasteiger partial charge on any atom is 0.216 e. The summed E-state index contributed by atoms with van der Waals surface area (Å²) >= 11 is 0. The molecule has 0 spiro atoms. The third-order valence-corrected chi connectivity index (χ3v) is 4.57. The maximum atomic E-state index is 12.1. The number of nitrogens with two attached hydrogens (primary N) is 1. The van der Waals surface area contributed by atoms with E-state index in [2.05, 4.69) is 4.72 Å². The van der Waals surface area contributed by atoms with Gasteiger partial charge in [-0.05, 0) is 23.5 Å². The Morgan fingerprint density at radius 2 is 1.68 bits per heavy atom. The first-order chi connectivity index (χ1) is 8.88. The van der Waals surface area contributed by atoms with Crippen LogP contribution in [0.3, 0.4) is 0 Å². The van der Waals surface area contributed by atoms with Crippen LogP contribution in [0.25, 0.3) is 0 Å². The van der Waals surface area contributed by atoms with Gasteiger partial charge in [0.2, 0.25) is 10.0 Å². The third-order valence-electron chi connectivity index (χ3n) is 3.19. The Labute approximate surface area is 116 Å². The zero-order chi connectivity index (χ0) is 14.5. The summed E-state index contributed by atoms with van der Waals surface area (Å²) in [6.07, 6.45) is 0.795. The first kappa shape index (κ1) is 16.1. The lowest BCUT2D eigenvalue weighted by atomic mass is 10.0. The van der Waals surface area contributed by atoms with Crippen LogP contribution in [0, 0.1) is 5.92 Å². The van der Waals surface area contributed by atoms with Gasteiger partial charge in [0, 0.05) is 12.6 Å². The molecule has 0 amide bonds. The van der Waals surface area contributed by atoms with Crippen molar-refractivity contribution in [3.63, 3.8) is 0 Å². The van der Waals surface area contributed by atoms with Crippen molar-refractivity contribution in [3.05, 3.63) is 35.4 Å². The van der Waals surface area contributed by atoms with Crippen molar-refractivity contribution in [2.24, 2.45) is 11.7 Å². The number of nitrogens with one attached hydrogen (secondary N) is 1. The highest BCUT2D eigenvalue weighted by Crippen LogP contribution is 2.11. The van der Waals surface area contributed by atoms with Crippen LogP contribution < -0.4 is 10.5 Å². The molecular formula is C14H24N2O2S. The van der Waals surface area contributed by atoms with E-state index in [4.69, 9.17) is 5.73 Å². The molecule has 0 saturated carbocycles. The fraction of sp³-hybridized carbons (Fsp3) is 0.571. The summed E-state index contributed by atoms with van der Waals surface area (Å²) in [6.45, 7) is 6.50. The third kappa shape index (κ3) is 5.30. The fourth-order valence-corrected chi connectivity index (χ4v) is 3.57. The molecule has 0 aliphatic heterocycles. The van der Waals surface area contributed by atoms with Gasteiger partial charge in [0.05, 0.1) is 5.75 Å². The minimum absolute atomic E-state index is 0.00619. The molecule has 1 atom stereocenters. The van der Waals surface area contributed by atoms with Gasteiger partial charge in [-0.25, -0.2) is 13.1 Å². The lowest BCUT2D eigenvalue weighted by Gasteiger charge is -2.20. The molecule has 0 fully saturated rings. The molecule has 0 bridgehead atoms. The molecule has 0 heterocycles. The highest BCUT2D eigenvalue weighted by Gasteiger charge is 2.19. The molecule has 0 aliphatic carbocycles. The second-order valence-corrected chi connectivity index (χ2v) is 6.91. The SMILES string of the molecule is CCC(NS(=O)(=O)Cc1ccc(CN)cc1)C(C)C. The molecule has 4 nitrogen and oxygen atoms in total. The molecule has 1 aromatic rings. The Balaban J connectivity index is 2.73. The van der Waals surface area contributed by atoms with Crippen molar-refractivity contribution < 1.29 is 8.42 Å². The van der Waals surface area contributed by atoms with E-state index in [0.717, 1.165) is 17.5 Å². The van der Waals surface area contributed by atoms with Gasteiger partial charge in [-0.3, -0.25) is 0 Å². The lowest BCUT2D eigenvalue weighted by molar-refractivity contribution is 0.437. The van der Waals surface area contributed by atoms with Gasteiger partial charge in [-0.1, -0.05) is 45.0 Å². The summed E-state index contributed by atoms with van der Waals surface area (Å²) < 4.78 is 27.0. The molecule has 0 saturated heterocycles. The van der Waals surface area contributed by atoms with E-state index in [0.29, 0.717) is 12.5 Å². The van der Waals surface area contributed by atoms with Crippen LogP contribution in [0.4, 0.5) is 0 Å². The van der Waals surface area contributed by atoms with Crippen LogP contribution in [-0.2, 0) is 22.3 Å². The van der Waals surface area contributed by atoms with Gasteiger partial charge in [0.25, 0.3) is 0 Å². The van der Waals surface area contributed by atoms with Crippen molar-refractivity contribution in [2.75, 3.05) is 0 Å². The van der Waals surface area contributed by atoms with Gasteiger partial charge in [-0.15, -0.1) is 0 Å². The Bertz CT molecular complexity index is 481. The second-order valence-electron chi connectivity index (χ2n) is 5.16. The fourth-order valence-electron chi connectivity index (χ4n) is 1.95. The summed E-state index contributed by atoms with van der Waals surface area (Å²) in [5.74, 6) is 0.306. The monoisotopic (exact) mass is 284 g/mol. The van der Waals surface area contributed by atoms with Crippen molar-refractivity contribution in [2.45, 2.75) is 45.5 Å². The Kier molecular flexibility index (Phi) is 5.97. The van der Waals surface area contributed by atoms with Crippen LogP contribution in [0.1, 0.15) is 38.3 Å². The van der Waals surface area contributed by atoms with Crippen molar-refractivity contribution in [1.29, 1.82) is 0 Å². The average Bonchev–Trinajstić information content (AvgIpc) is 2.36. The van der Waals surface area contributed by atoms with Gasteiger partial charge < -0.3 is 5.73 Å². The Morgan fingerprint density at radius 3 is 2.11 bits per heavy atom. The van der Waals surface area contributed by atoms with E-state index in [1.807, 2.05) is 45.0 Å². The van der Waals surface area contributed by atoms with Gasteiger partial charge in [0.15, 0.2) is 0 Å². The minimum Gasteiger partial charge on any atom is -0.326 e. The predicted molar refractivity (Wildman–Crippen MR) is 79.0 cm³/mol. The van der Waals surface area contributed by atoms with E-state index in [-0.39, 0.29) is 11.8 Å². The molecular weight excluding hydrogens is 260 g/mol. The van der Waals surface area contributed by atoms with E-state index >= 15 is 0 Å². The summed E-state index contributed by atoms with van der Waals surface area (Å²) in [6, 6.07) is 7.36. The molecule has 3 N–H and O–H groups in total. The normalized spacial score (nSPS) is 13.7. The average molecular weight is 284 g/mol. The number of hydrogen-bond acceptors (Lipinski definition) is 3. The molecule has 0 radical (unpaired) electrons. The summed E-state index contributed by atoms with van der Waals surface area (Å²) in [4.78, 5) is 0. The van der Waals surface area contributed by atoms with Crippen molar-refractivity contribution in [3.8, 4) is 0 Å². The zero-order valence-electron chi connectivity index (χ0n) is 11.9. The maximum absolute atomic E-state index is 12.1. The lowest BCUT2D eigenvalue weighted by Crippen LogP contribution is -2.38. The van der Waals surface area contributed by atoms with E-state index in [1.54, 1.807) is 0 Å². The predicted octanol–water partition coefficient (Wildman–Crippen LogP) is 2.00. The quantitative estimate of drug-likeness (QED) is 0.804. The van der Waals surface area contributed by atoms with Crippen LogP contribution in [-0.4, -0.2) is 14.5 Å². The topological polar surface area (TPSA) is 72.2 Å². The molecule has 0 aliphatic rings. The van der Waals surface area contributed by atoms with Gasteiger partial charge >= 0.3 is 0 Å². The number of sulfonamides is 1. The number of hydrogen-bond donors (Lipinski definition) is 2. The molecule has 5 heteroatoms. The Morgan fingerprint density at radius 1 is 1.16 bits per heavy atom. The molecule has 108 valence electrons. The van der Waals surface area contributed by atoms with Crippen LogP contribution in [0.5, 0.6) is 0 Å².